The molecule has 138 valence electrons. The zero-order valence-electron chi connectivity index (χ0n) is 15.7. The van der Waals surface area contributed by atoms with E-state index >= 15 is 0 Å². The molecular formula is C21H25NO4. The minimum Gasteiger partial charge on any atom is -0.493 e. The van der Waals surface area contributed by atoms with E-state index in [0.717, 1.165) is 35.4 Å². The van der Waals surface area contributed by atoms with E-state index in [-0.39, 0.29) is 18.1 Å². The number of rotatable bonds is 5. The lowest BCUT2D eigenvalue weighted by Gasteiger charge is -2.33. The molecule has 3 rings (SSSR count). The number of benzene rings is 2. The fourth-order valence-corrected chi connectivity index (χ4v) is 2.91. The first kappa shape index (κ1) is 18.1. The van der Waals surface area contributed by atoms with E-state index in [1.54, 1.807) is 7.11 Å². The van der Waals surface area contributed by atoms with Crippen LogP contribution in [0.1, 0.15) is 31.4 Å². The fraction of sp³-hybridized carbons (Fsp3) is 0.381. The molecule has 0 saturated heterocycles. The van der Waals surface area contributed by atoms with Crippen LogP contribution in [0.15, 0.2) is 36.4 Å². The van der Waals surface area contributed by atoms with Gasteiger partial charge in [-0.3, -0.25) is 4.79 Å². The Balaban J connectivity index is 1.67. The molecule has 0 radical (unpaired) electrons. The second kappa shape index (κ2) is 7.28. The third-order valence-electron chi connectivity index (χ3n) is 4.42. The quantitative estimate of drug-likeness (QED) is 0.876. The maximum atomic E-state index is 12.1. The Bertz CT molecular complexity index is 796. The summed E-state index contributed by atoms with van der Waals surface area (Å²) in [6.45, 7) is 6.06. The summed E-state index contributed by atoms with van der Waals surface area (Å²) in [6.07, 6.45) is 1.83. The number of carbonyl (C=O) groups excluding carboxylic acids is 1. The van der Waals surface area contributed by atoms with Crippen LogP contribution >= 0.6 is 0 Å². The lowest BCUT2D eigenvalue weighted by Crippen LogP contribution is -2.32. The summed E-state index contributed by atoms with van der Waals surface area (Å²) >= 11 is 0. The molecule has 1 amide bonds. The Labute approximate surface area is 154 Å². The maximum absolute atomic E-state index is 12.1. The van der Waals surface area contributed by atoms with Crippen LogP contribution in [-0.4, -0.2) is 25.2 Å². The van der Waals surface area contributed by atoms with Gasteiger partial charge < -0.3 is 19.5 Å². The topological polar surface area (TPSA) is 56.8 Å². The van der Waals surface area contributed by atoms with Gasteiger partial charge in [-0.2, -0.15) is 0 Å². The van der Waals surface area contributed by atoms with Crippen molar-refractivity contribution in [1.29, 1.82) is 0 Å². The number of methoxy groups -OCH3 is 1. The first-order valence-electron chi connectivity index (χ1n) is 8.75. The van der Waals surface area contributed by atoms with Gasteiger partial charge in [0.1, 0.15) is 11.4 Å². The average Bonchev–Trinajstić information content (AvgIpc) is 2.60. The van der Waals surface area contributed by atoms with Gasteiger partial charge in [-0.05, 0) is 57.4 Å². The Morgan fingerprint density at radius 2 is 1.92 bits per heavy atom. The zero-order valence-corrected chi connectivity index (χ0v) is 15.7. The molecule has 0 atom stereocenters. The number of anilines is 1. The molecule has 5 nitrogen and oxygen atoms in total. The molecule has 0 spiro atoms. The number of ether oxygens (including phenoxy) is 3. The molecule has 5 heteroatoms. The number of nitrogens with one attached hydrogen (secondary N) is 1. The summed E-state index contributed by atoms with van der Waals surface area (Å²) < 4.78 is 17.1. The molecule has 2 aromatic carbocycles. The summed E-state index contributed by atoms with van der Waals surface area (Å²) in [5.41, 5.74) is 2.77. The van der Waals surface area contributed by atoms with E-state index in [9.17, 15) is 4.79 Å². The average molecular weight is 355 g/mol. The smallest absolute Gasteiger partial charge is 0.262 e. The van der Waals surface area contributed by atoms with E-state index < -0.39 is 0 Å². The van der Waals surface area contributed by atoms with E-state index in [1.807, 2.05) is 43.3 Å². The van der Waals surface area contributed by atoms with Crippen molar-refractivity contribution in [2.45, 2.75) is 39.2 Å². The first-order chi connectivity index (χ1) is 12.4. The number of amides is 1. The van der Waals surface area contributed by atoms with Crippen molar-refractivity contribution in [2.24, 2.45) is 0 Å². The summed E-state index contributed by atoms with van der Waals surface area (Å²) in [5, 5.41) is 2.82. The second-order valence-corrected chi connectivity index (χ2v) is 7.18. The minimum atomic E-state index is -0.217. The number of hydrogen-bond acceptors (Lipinski definition) is 4. The third kappa shape index (κ3) is 4.28. The predicted molar refractivity (Wildman–Crippen MR) is 101 cm³/mol. The predicted octanol–water partition coefficient (Wildman–Crippen LogP) is 4.12. The van der Waals surface area contributed by atoms with Gasteiger partial charge in [-0.1, -0.05) is 17.7 Å². The van der Waals surface area contributed by atoms with Crippen molar-refractivity contribution >= 4 is 11.6 Å². The first-order valence-corrected chi connectivity index (χ1v) is 8.75. The lowest BCUT2D eigenvalue weighted by atomic mass is 9.94. The highest BCUT2D eigenvalue weighted by atomic mass is 16.5. The molecule has 2 aromatic rings. The van der Waals surface area contributed by atoms with Crippen LogP contribution in [-0.2, 0) is 11.2 Å². The molecule has 1 N–H and O–H groups in total. The largest absolute Gasteiger partial charge is 0.493 e. The van der Waals surface area contributed by atoms with Crippen molar-refractivity contribution in [3.05, 3.63) is 47.5 Å². The van der Waals surface area contributed by atoms with Gasteiger partial charge >= 0.3 is 0 Å². The van der Waals surface area contributed by atoms with Gasteiger partial charge in [0.25, 0.3) is 5.91 Å². The summed E-state index contributed by atoms with van der Waals surface area (Å²) in [6, 6.07) is 11.4. The van der Waals surface area contributed by atoms with Crippen LogP contribution in [0.5, 0.6) is 17.2 Å². The van der Waals surface area contributed by atoms with Crippen LogP contribution in [0.2, 0.25) is 0 Å². The van der Waals surface area contributed by atoms with Crippen molar-refractivity contribution < 1.29 is 19.0 Å². The Morgan fingerprint density at radius 3 is 2.62 bits per heavy atom. The highest BCUT2D eigenvalue weighted by Gasteiger charge is 2.28. The SMILES string of the molecule is COc1cc2c(cc1OCC(=O)Nc1ccc(C)cc1)CCC(C)(C)O2. The van der Waals surface area contributed by atoms with E-state index in [2.05, 4.69) is 19.2 Å². The Hall–Kier alpha value is -2.69. The normalized spacial score (nSPS) is 14.8. The summed E-state index contributed by atoms with van der Waals surface area (Å²) in [4.78, 5) is 12.1. The summed E-state index contributed by atoms with van der Waals surface area (Å²) in [7, 11) is 1.58. The Morgan fingerprint density at radius 1 is 1.19 bits per heavy atom. The molecule has 0 saturated carbocycles. The maximum Gasteiger partial charge on any atom is 0.262 e. The highest BCUT2D eigenvalue weighted by Crippen LogP contribution is 2.40. The highest BCUT2D eigenvalue weighted by molar-refractivity contribution is 5.91. The number of fused-ring (bicyclic) bond motifs is 1. The molecule has 0 unspecified atom stereocenters. The number of aryl methyl sites for hydroxylation is 2. The molecule has 0 fully saturated rings. The standard InChI is InChI=1S/C21H25NO4/c1-14-5-7-16(8-6-14)22-20(23)13-25-19-11-15-9-10-21(2,3)26-17(15)12-18(19)24-4/h5-8,11-12H,9-10,13H2,1-4H3,(H,22,23). The summed E-state index contributed by atoms with van der Waals surface area (Å²) in [5.74, 6) is 1.71. The van der Waals surface area contributed by atoms with Crippen molar-refractivity contribution in [3.8, 4) is 17.2 Å². The van der Waals surface area contributed by atoms with Crippen LogP contribution in [0.3, 0.4) is 0 Å². The van der Waals surface area contributed by atoms with Crippen LogP contribution < -0.4 is 19.5 Å². The molecule has 0 bridgehead atoms. The molecule has 1 heterocycles. The van der Waals surface area contributed by atoms with Crippen LogP contribution in [0, 0.1) is 6.92 Å². The number of carbonyl (C=O) groups is 1. The van der Waals surface area contributed by atoms with Crippen LogP contribution in [0.4, 0.5) is 5.69 Å². The molecule has 1 aliphatic rings. The van der Waals surface area contributed by atoms with Crippen molar-refractivity contribution in [2.75, 3.05) is 19.0 Å². The number of hydrogen-bond donors (Lipinski definition) is 1. The molecule has 1 aliphatic heterocycles. The van der Waals surface area contributed by atoms with Gasteiger partial charge in [0.05, 0.1) is 7.11 Å². The zero-order chi connectivity index (χ0) is 18.7. The van der Waals surface area contributed by atoms with E-state index in [4.69, 9.17) is 14.2 Å². The van der Waals surface area contributed by atoms with E-state index in [1.165, 1.54) is 0 Å². The third-order valence-corrected chi connectivity index (χ3v) is 4.42. The van der Waals surface area contributed by atoms with Crippen molar-refractivity contribution in [1.82, 2.24) is 0 Å². The van der Waals surface area contributed by atoms with Gasteiger partial charge in [-0.25, -0.2) is 0 Å². The van der Waals surface area contributed by atoms with Gasteiger partial charge in [0, 0.05) is 11.8 Å². The van der Waals surface area contributed by atoms with E-state index in [0.29, 0.717) is 11.5 Å². The Kier molecular flexibility index (Phi) is 5.07. The van der Waals surface area contributed by atoms with Gasteiger partial charge in [0.2, 0.25) is 0 Å². The second-order valence-electron chi connectivity index (χ2n) is 7.18. The van der Waals surface area contributed by atoms with Gasteiger partial charge in [0.15, 0.2) is 18.1 Å². The van der Waals surface area contributed by atoms with Crippen molar-refractivity contribution in [3.63, 3.8) is 0 Å². The molecule has 0 aliphatic carbocycles. The molecule has 26 heavy (non-hydrogen) atoms. The molecular weight excluding hydrogens is 330 g/mol. The fourth-order valence-electron chi connectivity index (χ4n) is 2.91. The molecule has 0 aromatic heterocycles. The monoisotopic (exact) mass is 355 g/mol. The minimum absolute atomic E-state index is 0.0879. The lowest BCUT2D eigenvalue weighted by molar-refractivity contribution is -0.118. The van der Waals surface area contributed by atoms with Gasteiger partial charge in [-0.15, -0.1) is 0 Å². The van der Waals surface area contributed by atoms with Crippen LogP contribution in [0.25, 0.3) is 0 Å².